The van der Waals surface area contributed by atoms with Gasteiger partial charge in [-0.1, -0.05) is 0 Å². The molecule has 0 aromatic rings. The topological polar surface area (TPSA) is 301 Å². The van der Waals surface area contributed by atoms with Crippen molar-refractivity contribution in [1.29, 1.82) is 0 Å². The monoisotopic (exact) mass is 284 g/mol. The first kappa shape index (κ1) is 101. The summed E-state index contributed by atoms with van der Waals surface area (Å²) in [5, 5.41) is 17.8. The first-order valence-electron chi connectivity index (χ1n) is 1.82. The van der Waals surface area contributed by atoms with E-state index in [0.717, 1.165) is 13.8 Å². The predicted molar refractivity (Wildman–Crippen MR) is 52.4 cm³/mol. The Hall–Kier alpha value is -0.0803. The summed E-state index contributed by atoms with van der Waals surface area (Å²) in [7, 11) is 0. The van der Waals surface area contributed by atoms with E-state index in [1.165, 1.54) is 0 Å². The van der Waals surface area contributed by atoms with Gasteiger partial charge in [0.1, 0.15) is 0 Å². The zero-order valence-corrected chi connectivity index (χ0v) is 11.0. The molecule has 0 bridgehead atoms. The number of carboxylic acids is 2. The van der Waals surface area contributed by atoms with Crippen LogP contribution in [0.3, 0.4) is 0 Å². The maximum absolute atomic E-state index is 8.89. The van der Waals surface area contributed by atoms with Crippen molar-refractivity contribution in [2.75, 3.05) is 0 Å². The molecule has 0 rings (SSSR count). The molecule has 14 N–H and O–H groups in total. The van der Waals surface area contributed by atoms with Crippen LogP contribution in [0.15, 0.2) is 0 Å². The van der Waals surface area contributed by atoms with Crippen LogP contribution in [0, 0.1) is 0 Å². The van der Waals surface area contributed by atoms with Crippen LogP contribution in [-0.4, -0.2) is 88.0 Å². The summed E-state index contributed by atoms with van der Waals surface area (Å²) < 4.78 is 0. The summed E-state index contributed by atoms with van der Waals surface area (Å²) in [5.41, 5.74) is 0. The van der Waals surface area contributed by atoms with Crippen molar-refractivity contribution < 1.29 is 58.1 Å². The molecule has 0 aromatic carbocycles. The van der Waals surface area contributed by atoms with Gasteiger partial charge in [-0.15, -0.1) is 0 Å². The third-order valence-electron chi connectivity index (χ3n) is 0. The van der Waals surface area contributed by atoms with Gasteiger partial charge in [-0.3, -0.25) is 0 Å². The van der Waals surface area contributed by atoms with Crippen LogP contribution in [-0.2, 0) is 9.59 Å². The summed E-state index contributed by atoms with van der Waals surface area (Å²) in [5.74, 6) is -2.17. The predicted octanol–water partition coefficient (Wildman–Crippen LogP) is -8.64. The number of aliphatic carboxylic acids is 2. The standard InChI is InChI=1S/2C2H4O2.Ca.7H2O/c2*1-2(3)4;;;;;;;;/h2*1H3,(H,3,4);;7*1H2/q;;+2;;;;;;;/p-2. The molecular weight excluding hydrogens is 264 g/mol. The molecule has 0 atom stereocenters. The number of hydrogen-bond donors (Lipinski definition) is 0. The minimum absolute atomic E-state index is 0. The fraction of sp³-hybridized carbons (Fsp3) is 0.500. The number of hydrogen-bond acceptors (Lipinski definition) is 4. The van der Waals surface area contributed by atoms with Gasteiger partial charge in [-0.25, -0.2) is 0 Å². The Morgan fingerprint density at radius 2 is 0.625 bits per heavy atom. The van der Waals surface area contributed by atoms with Crippen LogP contribution >= 0.6 is 0 Å². The number of carbonyl (C=O) groups is 2. The number of carbonyl (C=O) groups excluding carboxylic acids is 2. The second-order valence-corrected chi connectivity index (χ2v) is 0.983. The molecule has 0 unspecified atom stereocenters. The largest absolute Gasteiger partial charge is 2.00 e. The second kappa shape index (κ2) is 82.5. The molecule has 16 heavy (non-hydrogen) atoms. The molecule has 0 saturated heterocycles. The summed E-state index contributed by atoms with van der Waals surface area (Å²) in [4.78, 5) is 17.8. The third-order valence-corrected chi connectivity index (χ3v) is 0. The molecule has 0 heterocycles. The Kier molecular flexibility index (Phi) is 521. The zero-order chi connectivity index (χ0) is 7.15. The first-order chi connectivity index (χ1) is 3.46. The smallest absolute Gasteiger partial charge is 0.550 e. The Labute approximate surface area is 121 Å². The van der Waals surface area contributed by atoms with Crippen molar-refractivity contribution >= 4 is 49.7 Å². The van der Waals surface area contributed by atoms with Crippen LogP contribution in [0.4, 0.5) is 0 Å². The van der Waals surface area contributed by atoms with E-state index in [9.17, 15) is 0 Å². The van der Waals surface area contributed by atoms with Gasteiger partial charge in [-0.05, 0) is 13.8 Å². The van der Waals surface area contributed by atoms with Gasteiger partial charge in [0.2, 0.25) is 0 Å². The van der Waals surface area contributed by atoms with Crippen LogP contribution < -0.4 is 10.2 Å². The van der Waals surface area contributed by atoms with Gasteiger partial charge in [0.05, 0.1) is 0 Å². The maximum Gasteiger partial charge on any atom is 2.00 e. The second-order valence-electron chi connectivity index (χ2n) is 0.983. The summed E-state index contributed by atoms with van der Waals surface area (Å²) in [6.07, 6.45) is 0. The van der Waals surface area contributed by atoms with Crippen LogP contribution in [0.25, 0.3) is 0 Å². The molecule has 0 fully saturated rings. The van der Waals surface area contributed by atoms with Crippen molar-refractivity contribution in [3.05, 3.63) is 0 Å². The van der Waals surface area contributed by atoms with Crippen molar-refractivity contribution in [2.45, 2.75) is 13.8 Å². The summed E-state index contributed by atoms with van der Waals surface area (Å²) >= 11 is 0. The van der Waals surface area contributed by atoms with Crippen molar-refractivity contribution in [3.8, 4) is 0 Å². The van der Waals surface area contributed by atoms with Crippen LogP contribution in [0.2, 0.25) is 0 Å². The van der Waals surface area contributed by atoms with E-state index in [-0.39, 0.29) is 76.1 Å². The molecule has 0 aromatic heterocycles. The van der Waals surface area contributed by atoms with Crippen molar-refractivity contribution in [1.82, 2.24) is 0 Å². The number of carboxylic acid groups (broad SMARTS) is 2. The molecule has 0 radical (unpaired) electrons. The maximum atomic E-state index is 8.89. The molecule has 0 spiro atoms. The first-order valence-corrected chi connectivity index (χ1v) is 1.82. The van der Waals surface area contributed by atoms with E-state index in [0.29, 0.717) is 0 Å². The average molecular weight is 284 g/mol. The van der Waals surface area contributed by atoms with Crippen molar-refractivity contribution in [3.63, 3.8) is 0 Å². The molecule has 12 heteroatoms. The Morgan fingerprint density at radius 1 is 0.625 bits per heavy atom. The fourth-order valence-electron chi connectivity index (χ4n) is 0. The summed E-state index contributed by atoms with van der Waals surface area (Å²) in [6, 6.07) is 0. The van der Waals surface area contributed by atoms with Crippen molar-refractivity contribution in [2.24, 2.45) is 0 Å². The van der Waals surface area contributed by atoms with Crippen LogP contribution in [0.1, 0.15) is 13.8 Å². The van der Waals surface area contributed by atoms with Crippen LogP contribution in [0.5, 0.6) is 0 Å². The van der Waals surface area contributed by atoms with Gasteiger partial charge in [0.15, 0.2) is 0 Å². The molecule has 0 aliphatic heterocycles. The third kappa shape index (κ3) is 361000. The molecule has 0 aliphatic carbocycles. The fourth-order valence-corrected chi connectivity index (χ4v) is 0. The quantitative estimate of drug-likeness (QED) is 0.390. The number of rotatable bonds is 0. The molecule has 104 valence electrons. The Morgan fingerprint density at radius 3 is 0.625 bits per heavy atom. The van der Waals surface area contributed by atoms with E-state index in [2.05, 4.69) is 0 Å². The molecular formula is C4H20CaO11. The zero-order valence-electron chi connectivity index (χ0n) is 8.84. The van der Waals surface area contributed by atoms with Gasteiger partial charge in [0, 0.05) is 11.9 Å². The van der Waals surface area contributed by atoms with Gasteiger partial charge >= 0.3 is 37.7 Å². The van der Waals surface area contributed by atoms with E-state index in [1.54, 1.807) is 0 Å². The molecule has 11 nitrogen and oxygen atoms in total. The minimum Gasteiger partial charge on any atom is -0.550 e. The van der Waals surface area contributed by atoms with E-state index < -0.39 is 11.9 Å². The van der Waals surface area contributed by atoms with E-state index >= 15 is 0 Å². The Bertz CT molecular complexity index is 76.0. The summed E-state index contributed by atoms with van der Waals surface area (Å²) in [6.45, 7) is 1.94. The normalized spacial score (nSPS) is 3.12. The molecule has 0 amide bonds. The van der Waals surface area contributed by atoms with E-state index in [1.807, 2.05) is 0 Å². The minimum atomic E-state index is -1.08. The van der Waals surface area contributed by atoms with Gasteiger partial charge < -0.3 is 58.1 Å². The van der Waals surface area contributed by atoms with Gasteiger partial charge in [-0.2, -0.15) is 0 Å². The SMILES string of the molecule is CC(=O)[O-].CC(=O)[O-].O.O.O.O.O.O.O.[Ca+2]. The molecule has 0 saturated carbocycles. The molecule has 0 aliphatic rings. The van der Waals surface area contributed by atoms with E-state index in [4.69, 9.17) is 19.8 Å². The average Bonchev–Trinajstić information content (AvgIpc) is 1.25. The van der Waals surface area contributed by atoms with Gasteiger partial charge in [0.25, 0.3) is 0 Å². The Balaban J connectivity index is -0.00000000375.